The quantitative estimate of drug-likeness (QED) is 0.869. The molecule has 0 aromatic carbocycles. The van der Waals surface area contributed by atoms with Crippen molar-refractivity contribution >= 4 is 11.9 Å². The number of nitrogens with zero attached hydrogens (tertiary/aromatic N) is 6. The number of hydrogen-bond acceptors (Lipinski definition) is 6. The zero-order valence-electron chi connectivity index (χ0n) is 13.0. The van der Waals surface area contributed by atoms with Crippen molar-refractivity contribution in [3.63, 3.8) is 0 Å². The minimum atomic E-state index is 0.0229. The van der Waals surface area contributed by atoms with Crippen LogP contribution in [0.2, 0.25) is 0 Å². The molecule has 1 aliphatic heterocycles. The zero-order valence-corrected chi connectivity index (χ0v) is 13.0. The lowest BCUT2D eigenvalue weighted by Gasteiger charge is -2.36. The van der Waals surface area contributed by atoms with Crippen LogP contribution in [0.4, 0.5) is 5.95 Å². The number of piperidine rings is 1. The normalized spacial score (nSPS) is 18.1. The Morgan fingerprint density at radius 2 is 2.26 bits per heavy atom. The standard InChI is InChI=1S/C15H21N7O/c16-15-18-19-20-22(15)11-14(23)21-10-4-2-6-13(21)8-7-12-5-1-3-9-17-12/h1,3,5,9,13H,2,4,6-8,10-11H2,(H2,16,18,20). The van der Waals surface area contributed by atoms with Gasteiger partial charge in [0.2, 0.25) is 11.9 Å². The summed E-state index contributed by atoms with van der Waals surface area (Å²) in [6.07, 6.45) is 6.83. The largest absolute Gasteiger partial charge is 0.367 e. The van der Waals surface area contributed by atoms with Gasteiger partial charge < -0.3 is 10.6 Å². The van der Waals surface area contributed by atoms with Crippen molar-refractivity contribution in [2.75, 3.05) is 12.3 Å². The second kappa shape index (κ2) is 7.17. The molecule has 8 heteroatoms. The van der Waals surface area contributed by atoms with Crippen LogP contribution in [0, 0.1) is 0 Å². The molecule has 0 saturated carbocycles. The molecular weight excluding hydrogens is 294 g/mol. The van der Waals surface area contributed by atoms with E-state index in [-0.39, 0.29) is 24.4 Å². The number of pyridine rings is 1. The van der Waals surface area contributed by atoms with Gasteiger partial charge in [-0.2, -0.15) is 0 Å². The van der Waals surface area contributed by atoms with Gasteiger partial charge in [0, 0.05) is 24.5 Å². The van der Waals surface area contributed by atoms with Crippen LogP contribution in [0.1, 0.15) is 31.4 Å². The molecule has 0 spiro atoms. The first-order chi connectivity index (χ1) is 11.2. The van der Waals surface area contributed by atoms with Gasteiger partial charge in [0.25, 0.3) is 0 Å². The van der Waals surface area contributed by atoms with Gasteiger partial charge in [-0.1, -0.05) is 11.2 Å². The molecular formula is C15H21N7O. The summed E-state index contributed by atoms with van der Waals surface area (Å²) in [4.78, 5) is 18.9. The van der Waals surface area contributed by atoms with Crippen LogP contribution in [0.15, 0.2) is 24.4 Å². The first kappa shape index (κ1) is 15.4. The molecule has 0 aliphatic carbocycles. The topological polar surface area (TPSA) is 103 Å². The van der Waals surface area contributed by atoms with E-state index in [4.69, 9.17) is 5.73 Å². The van der Waals surface area contributed by atoms with Crippen molar-refractivity contribution in [1.82, 2.24) is 30.1 Å². The van der Waals surface area contributed by atoms with E-state index in [1.807, 2.05) is 23.1 Å². The van der Waals surface area contributed by atoms with E-state index < -0.39 is 0 Å². The van der Waals surface area contributed by atoms with Crippen LogP contribution >= 0.6 is 0 Å². The number of likely N-dealkylation sites (tertiary alicyclic amines) is 1. The predicted octanol–water partition coefficient (Wildman–Crippen LogP) is 0.664. The minimum Gasteiger partial charge on any atom is -0.367 e. The number of nitrogen functional groups attached to an aromatic ring is 1. The number of nitrogens with two attached hydrogens (primary N) is 1. The molecule has 2 N–H and O–H groups in total. The first-order valence-electron chi connectivity index (χ1n) is 7.95. The number of amides is 1. The van der Waals surface area contributed by atoms with E-state index in [2.05, 4.69) is 20.5 Å². The summed E-state index contributed by atoms with van der Waals surface area (Å²) < 4.78 is 1.34. The highest BCUT2D eigenvalue weighted by Gasteiger charge is 2.27. The van der Waals surface area contributed by atoms with E-state index in [1.165, 1.54) is 4.68 Å². The van der Waals surface area contributed by atoms with Crippen molar-refractivity contribution in [3.8, 4) is 0 Å². The third-order valence-corrected chi connectivity index (χ3v) is 4.25. The van der Waals surface area contributed by atoms with Gasteiger partial charge >= 0.3 is 0 Å². The molecule has 0 bridgehead atoms. The van der Waals surface area contributed by atoms with Crippen LogP contribution in [-0.2, 0) is 17.8 Å². The molecule has 1 unspecified atom stereocenters. The molecule has 1 fully saturated rings. The van der Waals surface area contributed by atoms with Crippen molar-refractivity contribution in [1.29, 1.82) is 0 Å². The van der Waals surface area contributed by atoms with Gasteiger partial charge in [0.05, 0.1) is 0 Å². The molecule has 2 aromatic rings. The average Bonchev–Trinajstić information content (AvgIpc) is 2.99. The van der Waals surface area contributed by atoms with Gasteiger partial charge in [-0.05, 0) is 54.7 Å². The number of carbonyl (C=O) groups excluding carboxylic acids is 1. The molecule has 1 amide bonds. The smallest absolute Gasteiger partial charge is 0.244 e. The van der Waals surface area contributed by atoms with E-state index in [1.54, 1.807) is 6.20 Å². The van der Waals surface area contributed by atoms with Gasteiger partial charge in [0.15, 0.2) is 0 Å². The minimum absolute atomic E-state index is 0.0229. The number of carbonyl (C=O) groups is 1. The second-order valence-corrected chi connectivity index (χ2v) is 5.79. The number of rotatable bonds is 5. The highest BCUT2D eigenvalue weighted by Crippen LogP contribution is 2.21. The monoisotopic (exact) mass is 315 g/mol. The van der Waals surface area contributed by atoms with Crippen LogP contribution in [0.5, 0.6) is 0 Å². The van der Waals surface area contributed by atoms with Crippen LogP contribution < -0.4 is 5.73 Å². The van der Waals surface area contributed by atoms with Crippen molar-refractivity contribution in [3.05, 3.63) is 30.1 Å². The Hall–Kier alpha value is -2.51. The highest BCUT2D eigenvalue weighted by atomic mass is 16.2. The fourth-order valence-electron chi connectivity index (χ4n) is 3.03. The molecule has 3 heterocycles. The van der Waals surface area contributed by atoms with Gasteiger partial charge in [-0.25, -0.2) is 4.68 Å². The summed E-state index contributed by atoms with van der Waals surface area (Å²) in [5.41, 5.74) is 6.70. The summed E-state index contributed by atoms with van der Waals surface area (Å²) in [6, 6.07) is 6.18. The lowest BCUT2D eigenvalue weighted by atomic mass is 9.97. The number of hydrogen-bond donors (Lipinski definition) is 1. The van der Waals surface area contributed by atoms with E-state index >= 15 is 0 Å². The summed E-state index contributed by atoms with van der Waals surface area (Å²) >= 11 is 0. The fraction of sp³-hybridized carbons (Fsp3) is 0.533. The Kier molecular flexibility index (Phi) is 4.80. The number of anilines is 1. The van der Waals surface area contributed by atoms with Crippen LogP contribution in [0.3, 0.4) is 0 Å². The zero-order chi connectivity index (χ0) is 16.1. The Bertz CT molecular complexity index is 642. The number of aromatic nitrogens is 5. The van der Waals surface area contributed by atoms with Gasteiger partial charge in [-0.15, -0.1) is 0 Å². The Labute approximate surface area is 134 Å². The summed E-state index contributed by atoms with van der Waals surface area (Å²) in [5.74, 6) is 0.190. The highest BCUT2D eigenvalue weighted by molar-refractivity contribution is 5.76. The maximum atomic E-state index is 12.6. The molecule has 122 valence electrons. The molecule has 2 aromatic heterocycles. The van der Waals surface area contributed by atoms with E-state index in [9.17, 15) is 4.79 Å². The summed E-state index contributed by atoms with van der Waals surface area (Å²) in [6.45, 7) is 0.882. The van der Waals surface area contributed by atoms with E-state index in [0.717, 1.165) is 44.3 Å². The Morgan fingerprint density at radius 1 is 1.35 bits per heavy atom. The van der Waals surface area contributed by atoms with Crippen molar-refractivity contribution < 1.29 is 4.79 Å². The SMILES string of the molecule is Nc1nnnn1CC(=O)N1CCCCC1CCc1ccccn1. The van der Waals surface area contributed by atoms with Crippen LogP contribution in [0.25, 0.3) is 0 Å². The molecule has 8 nitrogen and oxygen atoms in total. The van der Waals surface area contributed by atoms with Gasteiger partial charge in [-0.3, -0.25) is 9.78 Å². The maximum Gasteiger partial charge on any atom is 0.244 e. The first-order valence-corrected chi connectivity index (χ1v) is 7.95. The Morgan fingerprint density at radius 3 is 3.00 bits per heavy atom. The number of tetrazole rings is 1. The van der Waals surface area contributed by atoms with Crippen molar-refractivity contribution in [2.24, 2.45) is 0 Å². The second-order valence-electron chi connectivity index (χ2n) is 5.79. The fourth-order valence-corrected chi connectivity index (χ4v) is 3.03. The predicted molar refractivity (Wildman–Crippen MR) is 84.1 cm³/mol. The molecule has 1 aliphatic rings. The summed E-state index contributed by atoms with van der Waals surface area (Å²) in [7, 11) is 0. The molecule has 23 heavy (non-hydrogen) atoms. The third-order valence-electron chi connectivity index (χ3n) is 4.25. The molecule has 0 radical (unpaired) electrons. The van der Waals surface area contributed by atoms with E-state index in [0.29, 0.717) is 0 Å². The lowest BCUT2D eigenvalue weighted by molar-refractivity contribution is -0.135. The molecule has 1 atom stereocenters. The van der Waals surface area contributed by atoms with Gasteiger partial charge in [0.1, 0.15) is 6.54 Å². The average molecular weight is 315 g/mol. The Balaban J connectivity index is 1.61. The third kappa shape index (κ3) is 3.82. The maximum absolute atomic E-state index is 12.6. The molecule has 3 rings (SSSR count). The lowest BCUT2D eigenvalue weighted by Crippen LogP contribution is -2.45. The van der Waals surface area contributed by atoms with Crippen molar-refractivity contribution in [2.45, 2.75) is 44.7 Å². The summed E-state index contributed by atoms with van der Waals surface area (Å²) in [5, 5.41) is 10.8. The molecule has 1 saturated heterocycles. The number of aryl methyl sites for hydroxylation is 1. The van der Waals surface area contributed by atoms with Crippen LogP contribution in [-0.4, -0.2) is 48.6 Å².